The second-order valence-corrected chi connectivity index (χ2v) is 8.35. The van der Waals surface area contributed by atoms with Gasteiger partial charge in [-0.05, 0) is 35.0 Å². The minimum Gasteiger partial charge on any atom is -0.496 e. The fraction of sp³-hybridized carbons (Fsp3) is 0.143. The van der Waals surface area contributed by atoms with Crippen LogP contribution < -0.4 is 10.2 Å². The van der Waals surface area contributed by atoms with E-state index in [2.05, 4.69) is 10.5 Å². The molecule has 0 unspecified atom stereocenters. The first-order valence-electron chi connectivity index (χ1n) is 8.82. The molecule has 0 aliphatic rings. The maximum Gasteiger partial charge on any atom is 0.255 e. The molecule has 3 aromatic rings. The Bertz CT molecular complexity index is 1160. The van der Waals surface area contributed by atoms with Crippen molar-refractivity contribution < 1.29 is 17.9 Å². The van der Waals surface area contributed by atoms with Gasteiger partial charge in [0.2, 0.25) is 10.0 Å². The molecule has 1 amide bonds. The molecule has 7 nitrogen and oxygen atoms in total. The van der Waals surface area contributed by atoms with Crippen molar-refractivity contribution in [1.82, 2.24) is 9.73 Å². The first kappa shape index (κ1) is 20.5. The lowest BCUT2D eigenvalue weighted by Crippen LogP contribution is -2.36. The van der Waals surface area contributed by atoms with Gasteiger partial charge in [-0.15, -0.1) is 0 Å². The number of amides is 1. The second kappa shape index (κ2) is 8.85. The first-order valence-corrected chi connectivity index (χ1v) is 10.3. The monoisotopic (exact) mass is 411 g/mol. The largest absolute Gasteiger partial charge is 0.496 e. The van der Waals surface area contributed by atoms with Crippen molar-refractivity contribution in [1.29, 1.82) is 0 Å². The van der Waals surface area contributed by atoms with E-state index in [1.165, 1.54) is 26.4 Å². The zero-order chi connectivity index (χ0) is 20.9. The van der Waals surface area contributed by atoms with Gasteiger partial charge < -0.3 is 4.74 Å². The third kappa shape index (κ3) is 4.79. The number of rotatable bonds is 7. The van der Waals surface area contributed by atoms with Crippen molar-refractivity contribution in [2.75, 3.05) is 20.7 Å². The number of nitrogens with one attached hydrogen (secondary N) is 1. The van der Waals surface area contributed by atoms with E-state index >= 15 is 0 Å². The van der Waals surface area contributed by atoms with Crippen LogP contribution in [-0.4, -0.2) is 45.5 Å². The lowest BCUT2D eigenvalue weighted by atomic mass is 10.1. The molecule has 29 heavy (non-hydrogen) atoms. The summed E-state index contributed by atoms with van der Waals surface area (Å²) in [6.45, 7) is -0.363. The van der Waals surface area contributed by atoms with Crippen LogP contribution in [0.5, 0.6) is 5.75 Å². The highest BCUT2D eigenvalue weighted by Gasteiger charge is 2.23. The molecule has 0 bridgehead atoms. The summed E-state index contributed by atoms with van der Waals surface area (Å²) < 4.78 is 31.8. The Morgan fingerprint density at radius 3 is 2.52 bits per heavy atom. The smallest absolute Gasteiger partial charge is 0.255 e. The predicted molar refractivity (Wildman–Crippen MR) is 112 cm³/mol. The van der Waals surface area contributed by atoms with Crippen LogP contribution in [0.2, 0.25) is 0 Å². The standard InChI is InChI=1S/C21H21N3O4S/c1-24(15-21(25)23-22-14-18-9-5-6-10-20(18)28-2)29(26,27)19-12-11-16-7-3-4-8-17(16)13-19/h3-14H,15H2,1-2H3,(H,23,25). The van der Waals surface area contributed by atoms with E-state index in [-0.39, 0.29) is 11.4 Å². The van der Waals surface area contributed by atoms with Crippen LogP contribution >= 0.6 is 0 Å². The molecule has 150 valence electrons. The van der Waals surface area contributed by atoms with Gasteiger partial charge in [-0.25, -0.2) is 13.8 Å². The number of fused-ring (bicyclic) bond motifs is 1. The number of benzene rings is 3. The van der Waals surface area contributed by atoms with E-state index < -0.39 is 15.9 Å². The van der Waals surface area contributed by atoms with Crippen molar-refractivity contribution in [2.24, 2.45) is 5.10 Å². The Kier molecular flexibility index (Phi) is 6.26. The van der Waals surface area contributed by atoms with E-state index in [1.54, 1.807) is 24.3 Å². The Morgan fingerprint density at radius 1 is 1.07 bits per heavy atom. The zero-order valence-electron chi connectivity index (χ0n) is 16.1. The fourth-order valence-electron chi connectivity index (χ4n) is 2.78. The van der Waals surface area contributed by atoms with Crippen molar-refractivity contribution in [3.63, 3.8) is 0 Å². The van der Waals surface area contributed by atoms with Crippen molar-refractivity contribution >= 4 is 32.9 Å². The molecule has 0 saturated heterocycles. The molecular formula is C21H21N3O4S. The number of hydrogen-bond donors (Lipinski definition) is 1. The molecule has 8 heteroatoms. The number of methoxy groups -OCH3 is 1. The molecule has 0 spiro atoms. The highest BCUT2D eigenvalue weighted by atomic mass is 32.2. The number of nitrogens with zero attached hydrogens (tertiary/aromatic N) is 2. The van der Waals surface area contributed by atoms with Gasteiger partial charge in [-0.2, -0.15) is 9.41 Å². The Morgan fingerprint density at radius 2 is 1.76 bits per heavy atom. The quantitative estimate of drug-likeness (QED) is 0.478. The molecule has 1 N–H and O–H groups in total. The number of carbonyl (C=O) groups is 1. The highest BCUT2D eigenvalue weighted by Crippen LogP contribution is 2.21. The molecule has 0 radical (unpaired) electrons. The van der Waals surface area contributed by atoms with E-state index in [0.29, 0.717) is 11.3 Å². The van der Waals surface area contributed by atoms with E-state index in [9.17, 15) is 13.2 Å². The zero-order valence-corrected chi connectivity index (χ0v) is 16.9. The Balaban J connectivity index is 1.67. The number of para-hydroxylation sites is 1. The van der Waals surface area contributed by atoms with Crippen LogP contribution in [0.4, 0.5) is 0 Å². The minimum absolute atomic E-state index is 0.129. The van der Waals surface area contributed by atoms with Crippen LogP contribution in [0.15, 0.2) is 76.7 Å². The van der Waals surface area contributed by atoms with Crippen LogP contribution in [0.1, 0.15) is 5.56 Å². The van der Waals surface area contributed by atoms with Gasteiger partial charge >= 0.3 is 0 Å². The molecule has 0 atom stereocenters. The summed E-state index contributed by atoms with van der Waals surface area (Å²) in [6, 6.07) is 19.5. The van der Waals surface area contributed by atoms with Gasteiger partial charge in [0.1, 0.15) is 5.75 Å². The normalized spacial score (nSPS) is 11.8. The van der Waals surface area contributed by atoms with Gasteiger partial charge in [0.15, 0.2) is 0 Å². The average Bonchev–Trinajstić information content (AvgIpc) is 2.73. The lowest BCUT2D eigenvalue weighted by Gasteiger charge is -2.16. The maximum atomic E-state index is 12.8. The van der Waals surface area contributed by atoms with Crippen molar-refractivity contribution in [3.05, 3.63) is 72.3 Å². The van der Waals surface area contributed by atoms with Crippen LogP contribution in [0.3, 0.4) is 0 Å². The summed E-state index contributed by atoms with van der Waals surface area (Å²) in [5.74, 6) is 0.0597. The summed E-state index contributed by atoms with van der Waals surface area (Å²) in [4.78, 5) is 12.3. The summed E-state index contributed by atoms with van der Waals surface area (Å²) in [7, 11) is -0.918. The Hall–Kier alpha value is -3.23. The van der Waals surface area contributed by atoms with Gasteiger partial charge in [0.05, 0.1) is 24.8 Å². The second-order valence-electron chi connectivity index (χ2n) is 6.31. The van der Waals surface area contributed by atoms with Crippen LogP contribution in [0.25, 0.3) is 10.8 Å². The molecule has 0 fully saturated rings. The van der Waals surface area contributed by atoms with Crippen molar-refractivity contribution in [2.45, 2.75) is 4.90 Å². The summed E-state index contributed by atoms with van der Waals surface area (Å²) >= 11 is 0. The highest BCUT2D eigenvalue weighted by molar-refractivity contribution is 7.89. The minimum atomic E-state index is -3.81. The molecule has 3 aromatic carbocycles. The number of carbonyl (C=O) groups excluding carboxylic acids is 1. The molecule has 0 heterocycles. The molecular weight excluding hydrogens is 390 g/mol. The third-order valence-corrected chi connectivity index (χ3v) is 6.13. The van der Waals surface area contributed by atoms with Crippen LogP contribution in [0, 0.1) is 0 Å². The fourth-order valence-corrected chi connectivity index (χ4v) is 3.94. The van der Waals surface area contributed by atoms with E-state index in [4.69, 9.17) is 4.74 Å². The SMILES string of the molecule is COc1ccccc1C=NNC(=O)CN(C)S(=O)(=O)c1ccc2ccccc2c1. The molecule has 0 saturated carbocycles. The third-order valence-electron chi connectivity index (χ3n) is 4.33. The molecule has 0 aromatic heterocycles. The lowest BCUT2D eigenvalue weighted by molar-refractivity contribution is -0.121. The molecule has 0 aliphatic carbocycles. The maximum absolute atomic E-state index is 12.8. The topological polar surface area (TPSA) is 88.1 Å². The van der Waals surface area contributed by atoms with Gasteiger partial charge in [-0.3, -0.25) is 4.79 Å². The summed E-state index contributed by atoms with van der Waals surface area (Å²) in [5.41, 5.74) is 3.02. The summed E-state index contributed by atoms with van der Waals surface area (Å²) in [6.07, 6.45) is 1.44. The van der Waals surface area contributed by atoms with Crippen molar-refractivity contribution in [3.8, 4) is 5.75 Å². The number of ether oxygens (including phenoxy) is 1. The molecule has 0 aliphatic heterocycles. The van der Waals surface area contributed by atoms with Gasteiger partial charge in [0.25, 0.3) is 5.91 Å². The van der Waals surface area contributed by atoms with Gasteiger partial charge in [0, 0.05) is 12.6 Å². The first-order chi connectivity index (χ1) is 13.9. The predicted octanol–water partition coefficient (Wildman–Crippen LogP) is 2.62. The molecule has 3 rings (SSSR count). The Labute approximate surface area is 169 Å². The summed E-state index contributed by atoms with van der Waals surface area (Å²) in [5, 5.41) is 5.63. The van der Waals surface area contributed by atoms with Crippen LogP contribution in [-0.2, 0) is 14.8 Å². The number of likely N-dealkylation sites (N-methyl/N-ethyl adjacent to an activating group) is 1. The number of hydrazone groups is 1. The van der Waals surface area contributed by atoms with Gasteiger partial charge in [-0.1, -0.05) is 42.5 Å². The van der Waals surface area contributed by atoms with E-state index in [1.807, 2.05) is 36.4 Å². The number of sulfonamides is 1. The number of hydrogen-bond acceptors (Lipinski definition) is 5. The van der Waals surface area contributed by atoms with E-state index in [0.717, 1.165) is 15.1 Å². The average molecular weight is 411 g/mol.